The lowest BCUT2D eigenvalue weighted by molar-refractivity contribution is 0.0714. The van der Waals surface area contributed by atoms with Gasteiger partial charge in [0.25, 0.3) is 11.8 Å². The second-order valence-corrected chi connectivity index (χ2v) is 7.24. The molecule has 3 aromatic rings. The summed E-state index contributed by atoms with van der Waals surface area (Å²) in [4.78, 5) is 27.5. The summed E-state index contributed by atoms with van der Waals surface area (Å²) in [7, 11) is 3.29. The van der Waals surface area contributed by atoms with E-state index in [1.807, 2.05) is 29.2 Å². The molecule has 156 valence electrons. The summed E-state index contributed by atoms with van der Waals surface area (Å²) in [5.41, 5.74) is 2.49. The predicted molar refractivity (Wildman–Crippen MR) is 111 cm³/mol. The zero-order valence-electron chi connectivity index (χ0n) is 17.0. The lowest BCUT2D eigenvalue weighted by Gasteiger charge is -2.27. The first-order valence-electron chi connectivity index (χ1n) is 9.89. The van der Waals surface area contributed by atoms with Gasteiger partial charge in [0.05, 0.1) is 24.7 Å². The Morgan fingerprint density at radius 2 is 1.97 bits per heavy atom. The van der Waals surface area contributed by atoms with E-state index in [-0.39, 0.29) is 11.6 Å². The van der Waals surface area contributed by atoms with Gasteiger partial charge in [0.1, 0.15) is 17.1 Å². The van der Waals surface area contributed by atoms with Crippen molar-refractivity contribution in [2.75, 3.05) is 25.5 Å². The van der Waals surface area contributed by atoms with E-state index in [1.165, 1.54) is 10.9 Å². The molecule has 0 saturated carbocycles. The van der Waals surface area contributed by atoms with E-state index in [0.717, 1.165) is 37.9 Å². The largest absolute Gasteiger partial charge is 0.497 e. The minimum atomic E-state index is -0.391. The number of H-pyrrole nitrogens is 1. The first kappa shape index (κ1) is 19.7. The summed E-state index contributed by atoms with van der Waals surface area (Å²) in [5, 5.41) is 13.9. The van der Waals surface area contributed by atoms with E-state index in [9.17, 15) is 9.59 Å². The van der Waals surface area contributed by atoms with E-state index in [4.69, 9.17) is 4.74 Å². The normalized spacial score (nSPS) is 13.9. The Hall–Kier alpha value is -3.62. The molecule has 1 fully saturated rings. The number of likely N-dealkylation sites (tertiary alicyclic amines) is 1. The van der Waals surface area contributed by atoms with Crippen molar-refractivity contribution in [3.63, 3.8) is 0 Å². The Bertz CT molecular complexity index is 1060. The minimum absolute atomic E-state index is 0.119. The van der Waals surface area contributed by atoms with Crippen LogP contribution in [0.1, 0.15) is 40.2 Å². The van der Waals surface area contributed by atoms with E-state index in [2.05, 4.69) is 20.6 Å². The topological polar surface area (TPSA) is 105 Å². The maximum atomic E-state index is 13.0. The maximum absolute atomic E-state index is 13.0. The van der Waals surface area contributed by atoms with E-state index in [1.54, 1.807) is 20.2 Å². The monoisotopic (exact) mass is 408 g/mol. The van der Waals surface area contributed by atoms with Crippen LogP contribution in [0.25, 0.3) is 11.3 Å². The number of anilines is 1. The highest BCUT2D eigenvalue weighted by Crippen LogP contribution is 2.24. The molecular formula is C21H24N6O3. The molecule has 0 bridgehead atoms. The molecule has 0 spiro atoms. The Labute approximate surface area is 174 Å². The van der Waals surface area contributed by atoms with Crippen molar-refractivity contribution in [2.45, 2.75) is 19.3 Å². The zero-order chi connectivity index (χ0) is 21.1. The van der Waals surface area contributed by atoms with E-state index >= 15 is 0 Å². The van der Waals surface area contributed by atoms with Crippen molar-refractivity contribution in [3.05, 3.63) is 47.9 Å². The summed E-state index contributed by atoms with van der Waals surface area (Å²) < 4.78 is 6.74. The molecule has 0 radical (unpaired) electrons. The van der Waals surface area contributed by atoms with Crippen LogP contribution >= 0.6 is 0 Å². The number of nitrogens with one attached hydrogen (secondary N) is 2. The molecule has 0 unspecified atom stereocenters. The quantitative estimate of drug-likeness (QED) is 0.675. The minimum Gasteiger partial charge on any atom is -0.497 e. The predicted octanol–water partition coefficient (Wildman–Crippen LogP) is 2.70. The molecule has 9 nitrogen and oxygen atoms in total. The number of aromatic nitrogens is 4. The molecule has 1 aliphatic rings. The van der Waals surface area contributed by atoms with Crippen molar-refractivity contribution in [3.8, 4) is 17.0 Å². The summed E-state index contributed by atoms with van der Waals surface area (Å²) >= 11 is 0. The number of methoxy groups -OCH3 is 1. The Balaban J connectivity index is 1.52. The molecule has 2 N–H and O–H groups in total. The number of rotatable bonds is 5. The third kappa shape index (κ3) is 3.91. The van der Waals surface area contributed by atoms with Crippen LogP contribution in [0.3, 0.4) is 0 Å². The van der Waals surface area contributed by atoms with E-state index < -0.39 is 5.91 Å². The highest BCUT2D eigenvalue weighted by atomic mass is 16.5. The molecule has 0 aliphatic carbocycles. The first-order chi connectivity index (χ1) is 14.6. The molecule has 0 atom stereocenters. The average Bonchev–Trinajstić information content (AvgIpc) is 3.41. The zero-order valence-corrected chi connectivity index (χ0v) is 17.0. The lowest BCUT2D eigenvalue weighted by atomic mass is 10.1. The highest BCUT2D eigenvalue weighted by Gasteiger charge is 2.25. The van der Waals surface area contributed by atoms with Gasteiger partial charge in [0.15, 0.2) is 0 Å². The third-order valence-electron chi connectivity index (χ3n) is 5.22. The summed E-state index contributed by atoms with van der Waals surface area (Å²) in [6.45, 7) is 1.45. The van der Waals surface area contributed by atoms with Crippen molar-refractivity contribution in [1.82, 2.24) is 24.9 Å². The molecule has 30 heavy (non-hydrogen) atoms. The van der Waals surface area contributed by atoms with Gasteiger partial charge in [0.2, 0.25) is 0 Å². The Morgan fingerprint density at radius 1 is 1.17 bits per heavy atom. The van der Waals surface area contributed by atoms with Crippen molar-refractivity contribution < 1.29 is 14.3 Å². The van der Waals surface area contributed by atoms with Gasteiger partial charge in [-0.1, -0.05) is 12.1 Å². The first-order valence-corrected chi connectivity index (χ1v) is 9.89. The molecule has 1 aliphatic heterocycles. The van der Waals surface area contributed by atoms with Crippen LogP contribution in [-0.2, 0) is 7.05 Å². The number of aromatic amines is 1. The van der Waals surface area contributed by atoms with Crippen molar-refractivity contribution in [1.29, 1.82) is 0 Å². The number of nitrogens with zero attached hydrogens (tertiary/aromatic N) is 4. The molecule has 1 saturated heterocycles. The summed E-state index contributed by atoms with van der Waals surface area (Å²) in [6.07, 6.45) is 4.61. The van der Waals surface area contributed by atoms with Gasteiger partial charge in [-0.15, -0.1) is 0 Å². The van der Waals surface area contributed by atoms with Gasteiger partial charge in [-0.2, -0.15) is 10.2 Å². The highest BCUT2D eigenvalue weighted by molar-refractivity contribution is 6.07. The van der Waals surface area contributed by atoms with Crippen LogP contribution in [0.15, 0.2) is 36.5 Å². The van der Waals surface area contributed by atoms with Crippen LogP contribution in [0, 0.1) is 0 Å². The van der Waals surface area contributed by atoms with Crippen molar-refractivity contribution >= 4 is 17.5 Å². The van der Waals surface area contributed by atoms with Gasteiger partial charge in [-0.05, 0) is 37.5 Å². The maximum Gasteiger partial charge on any atom is 0.274 e. The number of hydrogen-bond acceptors (Lipinski definition) is 5. The van der Waals surface area contributed by atoms with Crippen LogP contribution in [0.4, 0.5) is 5.69 Å². The molecule has 2 amide bonds. The second-order valence-electron chi connectivity index (χ2n) is 7.24. The molecule has 2 aromatic heterocycles. The lowest BCUT2D eigenvalue weighted by Crippen LogP contribution is -2.37. The Morgan fingerprint density at radius 3 is 2.73 bits per heavy atom. The fourth-order valence-electron chi connectivity index (χ4n) is 3.59. The fourth-order valence-corrected chi connectivity index (χ4v) is 3.59. The van der Waals surface area contributed by atoms with Gasteiger partial charge >= 0.3 is 0 Å². The molecule has 4 rings (SSSR count). The number of carbonyl (C=O) groups is 2. The summed E-state index contributed by atoms with van der Waals surface area (Å²) in [6, 6.07) is 9.08. The van der Waals surface area contributed by atoms with Crippen LogP contribution in [-0.4, -0.2) is 56.9 Å². The Kier molecular flexibility index (Phi) is 5.51. The van der Waals surface area contributed by atoms with Crippen LogP contribution in [0.5, 0.6) is 5.75 Å². The van der Waals surface area contributed by atoms with Crippen molar-refractivity contribution in [2.24, 2.45) is 7.05 Å². The SMILES string of the molecule is COc1cccc(-c2cc(C(=O)Nc3cnn(C)c3C(=O)N3CCCCC3)[nH]n2)c1. The smallest absolute Gasteiger partial charge is 0.274 e. The van der Waals surface area contributed by atoms with Crippen LogP contribution in [0.2, 0.25) is 0 Å². The third-order valence-corrected chi connectivity index (χ3v) is 5.22. The molecule has 9 heteroatoms. The molecular weight excluding hydrogens is 384 g/mol. The number of aryl methyl sites for hydroxylation is 1. The molecule has 1 aromatic carbocycles. The van der Waals surface area contributed by atoms with Gasteiger partial charge in [-0.25, -0.2) is 0 Å². The number of piperidine rings is 1. The number of carbonyl (C=O) groups excluding carboxylic acids is 2. The van der Waals surface area contributed by atoms with Gasteiger partial charge < -0.3 is 15.0 Å². The molecule has 3 heterocycles. The van der Waals surface area contributed by atoms with E-state index in [0.29, 0.717) is 22.8 Å². The number of hydrogen-bond donors (Lipinski definition) is 2. The number of amides is 2. The van der Waals surface area contributed by atoms with Gasteiger partial charge in [0, 0.05) is 25.7 Å². The summed E-state index contributed by atoms with van der Waals surface area (Å²) in [5.74, 6) is 0.196. The fraction of sp³-hybridized carbons (Fsp3) is 0.333. The van der Waals surface area contributed by atoms with Gasteiger partial charge in [-0.3, -0.25) is 19.4 Å². The average molecular weight is 408 g/mol. The van der Waals surface area contributed by atoms with Crippen LogP contribution < -0.4 is 10.1 Å². The number of benzene rings is 1. The number of ether oxygens (including phenoxy) is 1. The second kappa shape index (κ2) is 8.40. The standard InChI is InChI=1S/C21H24N6O3/c1-26-19(21(29)27-9-4-3-5-10-27)18(13-22-26)23-20(28)17-12-16(24-25-17)14-7-6-8-15(11-14)30-2/h6-8,11-13H,3-5,9-10H2,1-2H3,(H,23,28)(H,24,25).